The van der Waals surface area contributed by atoms with Gasteiger partial charge in [0.05, 0.1) is 27.5 Å². The molecule has 0 unspecified atom stereocenters. The Bertz CT molecular complexity index is 539. The number of hydrogen-bond donors (Lipinski definition) is 1. The van der Waals surface area contributed by atoms with Crippen LogP contribution in [-0.2, 0) is 4.74 Å². The summed E-state index contributed by atoms with van der Waals surface area (Å²) < 4.78 is 12.2. The smallest absolute Gasteiger partial charge is 0.144 e. The van der Waals surface area contributed by atoms with Crippen molar-refractivity contribution in [1.82, 2.24) is 4.98 Å². The highest BCUT2D eigenvalue weighted by molar-refractivity contribution is 7.18. The Hall–Kier alpha value is -1.33. The molecule has 0 saturated carbocycles. The molecule has 0 radical (unpaired) electrons. The summed E-state index contributed by atoms with van der Waals surface area (Å²) >= 11 is 1.64. The maximum Gasteiger partial charge on any atom is 0.144 e. The van der Waals surface area contributed by atoms with Crippen molar-refractivity contribution in [3.8, 4) is 5.75 Å². The lowest BCUT2D eigenvalue weighted by Gasteiger charge is -2.09. The lowest BCUT2D eigenvalue weighted by molar-refractivity contribution is 0.0983. The number of nitrogens with two attached hydrogens (primary N) is 1. The molecular formula is C14H20N2O2S. The van der Waals surface area contributed by atoms with E-state index in [0.717, 1.165) is 34.7 Å². The Morgan fingerprint density at radius 3 is 2.89 bits per heavy atom. The van der Waals surface area contributed by atoms with Gasteiger partial charge in [0.2, 0.25) is 0 Å². The molecule has 1 aromatic carbocycles. The van der Waals surface area contributed by atoms with Gasteiger partial charge in [-0.25, -0.2) is 4.98 Å². The number of aromatic nitrogens is 1. The second-order valence-electron chi connectivity index (χ2n) is 4.41. The standard InChI is InChI=1S/C14H20N2O2S/c1-3-4-5-17-6-7-18-13-9-12-14(8-11(13)15)19-10(2)16-12/h8-9H,3-7,15H2,1-2H3. The van der Waals surface area contributed by atoms with E-state index in [2.05, 4.69) is 11.9 Å². The van der Waals surface area contributed by atoms with E-state index in [1.165, 1.54) is 0 Å². The van der Waals surface area contributed by atoms with Crippen molar-refractivity contribution in [3.63, 3.8) is 0 Å². The van der Waals surface area contributed by atoms with Crippen molar-refractivity contribution in [2.45, 2.75) is 26.7 Å². The van der Waals surface area contributed by atoms with Gasteiger partial charge >= 0.3 is 0 Å². The number of nitrogen functional groups attached to an aromatic ring is 1. The van der Waals surface area contributed by atoms with Gasteiger partial charge in [0.15, 0.2) is 0 Å². The zero-order valence-electron chi connectivity index (χ0n) is 11.4. The first-order valence-electron chi connectivity index (χ1n) is 6.58. The third-order valence-electron chi connectivity index (χ3n) is 2.75. The van der Waals surface area contributed by atoms with Crippen LogP contribution in [0, 0.1) is 6.92 Å². The van der Waals surface area contributed by atoms with Crippen LogP contribution in [0.2, 0.25) is 0 Å². The highest BCUT2D eigenvalue weighted by Crippen LogP contribution is 2.31. The average molecular weight is 280 g/mol. The number of ether oxygens (including phenoxy) is 2. The maximum absolute atomic E-state index is 5.97. The third kappa shape index (κ3) is 3.81. The summed E-state index contributed by atoms with van der Waals surface area (Å²) in [6.45, 7) is 6.03. The van der Waals surface area contributed by atoms with E-state index in [9.17, 15) is 0 Å². The minimum Gasteiger partial charge on any atom is -0.489 e. The van der Waals surface area contributed by atoms with Crippen molar-refractivity contribution in [1.29, 1.82) is 0 Å². The van der Waals surface area contributed by atoms with Gasteiger partial charge in [0, 0.05) is 12.7 Å². The van der Waals surface area contributed by atoms with Crippen LogP contribution in [0.1, 0.15) is 24.8 Å². The molecule has 0 aliphatic heterocycles. The van der Waals surface area contributed by atoms with Gasteiger partial charge in [-0.3, -0.25) is 0 Å². The number of thiazole rings is 1. The lowest BCUT2D eigenvalue weighted by Crippen LogP contribution is -2.08. The van der Waals surface area contributed by atoms with E-state index in [-0.39, 0.29) is 0 Å². The van der Waals surface area contributed by atoms with Crippen LogP contribution in [-0.4, -0.2) is 24.8 Å². The molecule has 4 nitrogen and oxygen atoms in total. The van der Waals surface area contributed by atoms with Crippen LogP contribution in [0.15, 0.2) is 12.1 Å². The summed E-state index contributed by atoms with van der Waals surface area (Å²) in [5.74, 6) is 0.692. The molecule has 0 atom stereocenters. The first kappa shape index (κ1) is 14.1. The lowest BCUT2D eigenvalue weighted by atomic mass is 10.3. The average Bonchev–Trinajstić information content (AvgIpc) is 2.72. The molecule has 1 heterocycles. The van der Waals surface area contributed by atoms with Crippen LogP contribution in [0.5, 0.6) is 5.75 Å². The Labute approximate surface area is 117 Å². The van der Waals surface area contributed by atoms with E-state index in [0.29, 0.717) is 24.7 Å². The molecule has 2 N–H and O–H groups in total. The SMILES string of the molecule is CCCCOCCOc1cc2nc(C)sc2cc1N. The zero-order chi connectivity index (χ0) is 13.7. The molecule has 0 aliphatic rings. The van der Waals surface area contributed by atoms with Gasteiger partial charge in [-0.1, -0.05) is 13.3 Å². The van der Waals surface area contributed by atoms with Crippen LogP contribution in [0.4, 0.5) is 5.69 Å². The van der Waals surface area contributed by atoms with Gasteiger partial charge in [-0.2, -0.15) is 0 Å². The number of hydrogen-bond acceptors (Lipinski definition) is 5. The Kier molecular flexibility index (Phi) is 4.99. The number of fused-ring (bicyclic) bond motifs is 1. The second kappa shape index (κ2) is 6.73. The first-order valence-corrected chi connectivity index (χ1v) is 7.39. The highest BCUT2D eigenvalue weighted by Gasteiger charge is 2.07. The summed E-state index contributed by atoms with van der Waals surface area (Å²) in [5.41, 5.74) is 7.57. The maximum atomic E-state index is 5.97. The Morgan fingerprint density at radius 1 is 1.26 bits per heavy atom. The zero-order valence-corrected chi connectivity index (χ0v) is 12.3. The predicted octanol–water partition coefficient (Wildman–Crippen LogP) is 3.38. The topological polar surface area (TPSA) is 57.4 Å². The molecule has 19 heavy (non-hydrogen) atoms. The van der Waals surface area contributed by atoms with E-state index in [1.807, 2.05) is 19.1 Å². The summed E-state index contributed by atoms with van der Waals surface area (Å²) in [4.78, 5) is 4.44. The van der Waals surface area contributed by atoms with Gasteiger partial charge in [0.1, 0.15) is 12.4 Å². The number of anilines is 1. The quantitative estimate of drug-likeness (QED) is 0.624. The molecule has 0 bridgehead atoms. The van der Waals surface area contributed by atoms with Gasteiger partial charge in [-0.15, -0.1) is 11.3 Å². The summed E-state index contributed by atoms with van der Waals surface area (Å²) in [7, 11) is 0. The molecular weight excluding hydrogens is 260 g/mol. The molecule has 0 fully saturated rings. The number of benzene rings is 1. The fourth-order valence-corrected chi connectivity index (χ4v) is 2.63. The molecule has 0 saturated heterocycles. The predicted molar refractivity (Wildman–Crippen MR) is 80.0 cm³/mol. The molecule has 0 aliphatic carbocycles. The molecule has 2 rings (SSSR count). The number of aryl methyl sites for hydroxylation is 1. The first-order chi connectivity index (χ1) is 9.20. The summed E-state index contributed by atoms with van der Waals surface area (Å²) in [6.07, 6.45) is 2.24. The van der Waals surface area contributed by atoms with Crippen molar-refractivity contribution in [2.75, 3.05) is 25.6 Å². The van der Waals surface area contributed by atoms with Crippen molar-refractivity contribution >= 4 is 27.2 Å². The van der Waals surface area contributed by atoms with Crippen molar-refractivity contribution in [3.05, 3.63) is 17.1 Å². The molecule has 2 aromatic rings. The third-order valence-corrected chi connectivity index (χ3v) is 3.69. The Balaban J connectivity index is 1.91. The summed E-state index contributed by atoms with van der Waals surface area (Å²) in [5, 5.41) is 1.04. The molecule has 104 valence electrons. The molecule has 0 amide bonds. The monoisotopic (exact) mass is 280 g/mol. The fraction of sp³-hybridized carbons (Fsp3) is 0.500. The molecule has 0 spiro atoms. The van der Waals surface area contributed by atoms with Gasteiger partial charge < -0.3 is 15.2 Å². The fourth-order valence-electron chi connectivity index (χ4n) is 1.77. The van der Waals surface area contributed by atoms with E-state index in [1.54, 1.807) is 11.3 Å². The van der Waals surface area contributed by atoms with E-state index in [4.69, 9.17) is 15.2 Å². The summed E-state index contributed by atoms with van der Waals surface area (Å²) in [6, 6.07) is 3.83. The highest BCUT2D eigenvalue weighted by atomic mass is 32.1. The van der Waals surface area contributed by atoms with Gasteiger partial charge in [-0.05, 0) is 19.4 Å². The minimum atomic E-state index is 0.516. The van der Waals surface area contributed by atoms with Crippen molar-refractivity contribution < 1.29 is 9.47 Å². The Morgan fingerprint density at radius 2 is 2.11 bits per heavy atom. The van der Waals surface area contributed by atoms with Crippen LogP contribution < -0.4 is 10.5 Å². The largest absolute Gasteiger partial charge is 0.489 e. The molecule has 1 aromatic heterocycles. The normalized spacial score (nSPS) is 11.1. The minimum absolute atomic E-state index is 0.516. The van der Waals surface area contributed by atoms with E-state index < -0.39 is 0 Å². The number of rotatable bonds is 7. The van der Waals surface area contributed by atoms with Crippen molar-refractivity contribution in [2.24, 2.45) is 0 Å². The van der Waals surface area contributed by atoms with Crippen LogP contribution in [0.3, 0.4) is 0 Å². The van der Waals surface area contributed by atoms with Crippen LogP contribution >= 0.6 is 11.3 Å². The second-order valence-corrected chi connectivity index (χ2v) is 5.64. The van der Waals surface area contributed by atoms with Gasteiger partial charge in [0.25, 0.3) is 0 Å². The number of nitrogens with zero attached hydrogens (tertiary/aromatic N) is 1. The van der Waals surface area contributed by atoms with E-state index >= 15 is 0 Å². The molecule has 5 heteroatoms. The van der Waals surface area contributed by atoms with Crippen LogP contribution in [0.25, 0.3) is 10.2 Å². The number of unbranched alkanes of at least 4 members (excludes halogenated alkanes) is 1.